The van der Waals surface area contributed by atoms with E-state index in [2.05, 4.69) is 0 Å². The van der Waals surface area contributed by atoms with Gasteiger partial charge in [0.25, 0.3) is 0 Å². The van der Waals surface area contributed by atoms with Gasteiger partial charge in [-0.2, -0.15) is 0 Å². The lowest BCUT2D eigenvalue weighted by atomic mass is 10.1. The Balaban J connectivity index is 1.93. The first-order valence-corrected chi connectivity index (χ1v) is 5.29. The first-order valence-electron chi connectivity index (χ1n) is 5.29. The number of hydrogen-bond acceptors (Lipinski definition) is 3. The van der Waals surface area contributed by atoms with Crippen molar-refractivity contribution < 1.29 is 13.9 Å². The Kier molecular flexibility index (Phi) is 2.92. The topological polar surface area (TPSA) is 52.3 Å². The zero-order valence-corrected chi connectivity index (χ0v) is 8.91. The molecule has 3 nitrogen and oxygen atoms in total. The summed E-state index contributed by atoms with van der Waals surface area (Å²) in [4.78, 5) is 11.6. The van der Waals surface area contributed by atoms with Crippen molar-refractivity contribution in [1.29, 1.82) is 0 Å². The first kappa shape index (κ1) is 11.1. The number of nitrogens with two attached hydrogens (primary N) is 1. The molecule has 0 heterocycles. The van der Waals surface area contributed by atoms with Gasteiger partial charge in [0.1, 0.15) is 12.4 Å². The monoisotopic (exact) mass is 223 g/mol. The Hall–Kier alpha value is -1.42. The van der Waals surface area contributed by atoms with Crippen molar-refractivity contribution in [3.05, 3.63) is 35.6 Å². The molecule has 0 amide bonds. The fourth-order valence-corrected chi connectivity index (χ4v) is 1.55. The van der Waals surface area contributed by atoms with E-state index in [1.54, 1.807) is 18.2 Å². The summed E-state index contributed by atoms with van der Waals surface area (Å²) in [7, 11) is 0. The van der Waals surface area contributed by atoms with E-state index in [1.807, 2.05) is 0 Å². The van der Waals surface area contributed by atoms with Crippen LogP contribution in [0.1, 0.15) is 18.4 Å². The summed E-state index contributed by atoms with van der Waals surface area (Å²) >= 11 is 0. The van der Waals surface area contributed by atoms with Gasteiger partial charge in [0.15, 0.2) is 0 Å². The molecule has 0 bridgehead atoms. The molecule has 0 atom stereocenters. The van der Waals surface area contributed by atoms with Crippen LogP contribution < -0.4 is 5.73 Å². The molecule has 1 aliphatic rings. The molecule has 1 fully saturated rings. The SMILES string of the molecule is NCC1(C(=O)OCc2ccccc2F)CC1. The van der Waals surface area contributed by atoms with E-state index in [0.29, 0.717) is 12.1 Å². The number of hydrogen-bond donors (Lipinski definition) is 1. The Bertz CT molecular complexity index is 402. The molecule has 0 unspecified atom stereocenters. The lowest BCUT2D eigenvalue weighted by Crippen LogP contribution is -2.27. The summed E-state index contributed by atoms with van der Waals surface area (Å²) in [5, 5.41) is 0. The Morgan fingerprint density at radius 1 is 1.44 bits per heavy atom. The highest BCUT2D eigenvalue weighted by atomic mass is 19.1. The summed E-state index contributed by atoms with van der Waals surface area (Å²) in [6.07, 6.45) is 1.55. The van der Waals surface area contributed by atoms with Gasteiger partial charge in [-0.05, 0) is 18.9 Å². The highest BCUT2D eigenvalue weighted by Gasteiger charge is 2.50. The smallest absolute Gasteiger partial charge is 0.313 e. The second kappa shape index (κ2) is 4.22. The summed E-state index contributed by atoms with van der Waals surface area (Å²) in [6, 6.07) is 6.26. The molecule has 2 rings (SSSR count). The third kappa shape index (κ3) is 2.07. The third-order valence-electron chi connectivity index (χ3n) is 2.99. The van der Waals surface area contributed by atoms with Crippen LogP contribution in [0.5, 0.6) is 0 Å². The normalized spacial score (nSPS) is 16.9. The second-order valence-electron chi connectivity index (χ2n) is 4.15. The minimum atomic E-state index is -0.481. The number of carbonyl (C=O) groups is 1. The fourth-order valence-electron chi connectivity index (χ4n) is 1.55. The van der Waals surface area contributed by atoms with Crippen molar-refractivity contribution >= 4 is 5.97 Å². The molecule has 0 aromatic heterocycles. The van der Waals surface area contributed by atoms with Crippen LogP contribution in [0.4, 0.5) is 4.39 Å². The molecule has 16 heavy (non-hydrogen) atoms. The summed E-state index contributed by atoms with van der Waals surface area (Å²) in [5.74, 6) is -0.661. The molecular formula is C12H14FNO2. The van der Waals surface area contributed by atoms with Gasteiger partial charge in [0.2, 0.25) is 0 Å². The van der Waals surface area contributed by atoms with Gasteiger partial charge in [0, 0.05) is 12.1 Å². The minimum absolute atomic E-state index is 0.0206. The molecule has 1 aromatic rings. The number of esters is 1. The molecule has 1 aromatic carbocycles. The maximum atomic E-state index is 13.2. The van der Waals surface area contributed by atoms with Crippen molar-refractivity contribution in [2.24, 2.45) is 11.1 Å². The van der Waals surface area contributed by atoms with Gasteiger partial charge in [-0.15, -0.1) is 0 Å². The maximum Gasteiger partial charge on any atom is 0.313 e. The van der Waals surface area contributed by atoms with Gasteiger partial charge in [-0.3, -0.25) is 4.79 Å². The van der Waals surface area contributed by atoms with Crippen LogP contribution in [-0.4, -0.2) is 12.5 Å². The molecule has 2 N–H and O–H groups in total. The van der Waals surface area contributed by atoms with Crippen molar-refractivity contribution in [3.63, 3.8) is 0 Å². The van der Waals surface area contributed by atoms with Crippen LogP contribution in [0.25, 0.3) is 0 Å². The average Bonchev–Trinajstić information content (AvgIpc) is 3.08. The number of rotatable bonds is 4. The first-order chi connectivity index (χ1) is 7.68. The van der Waals surface area contributed by atoms with Gasteiger partial charge in [-0.25, -0.2) is 4.39 Å². The molecule has 86 valence electrons. The third-order valence-corrected chi connectivity index (χ3v) is 2.99. The summed E-state index contributed by atoms with van der Waals surface area (Å²) < 4.78 is 18.3. The molecule has 0 aliphatic heterocycles. The van der Waals surface area contributed by atoms with Crippen molar-refractivity contribution in [2.45, 2.75) is 19.4 Å². The molecule has 1 aliphatic carbocycles. The lowest BCUT2D eigenvalue weighted by molar-refractivity contribution is -0.151. The Morgan fingerprint density at radius 3 is 2.69 bits per heavy atom. The predicted molar refractivity (Wildman–Crippen MR) is 56.9 cm³/mol. The van der Waals surface area contributed by atoms with Crippen molar-refractivity contribution in [1.82, 2.24) is 0 Å². The summed E-state index contributed by atoms with van der Waals surface area (Å²) in [6.45, 7) is 0.288. The van der Waals surface area contributed by atoms with Crippen molar-refractivity contribution in [2.75, 3.05) is 6.54 Å². The number of halogens is 1. The largest absolute Gasteiger partial charge is 0.460 e. The zero-order valence-electron chi connectivity index (χ0n) is 8.91. The number of ether oxygens (including phenoxy) is 1. The number of carbonyl (C=O) groups excluding carboxylic acids is 1. The zero-order chi connectivity index (χ0) is 11.6. The lowest BCUT2D eigenvalue weighted by Gasteiger charge is -2.12. The highest BCUT2D eigenvalue weighted by Crippen LogP contribution is 2.45. The van der Waals surface area contributed by atoms with Gasteiger partial charge in [0.05, 0.1) is 5.41 Å². The number of benzene rings is 1. The second-order valence-corrected chi connectivity index (χ2v) is 4.15. The molecule has 0 spiro atoms. The minimum Gasteiger partial charge on any atom is -0.460 e. The van der Waals surface area contributed by atoms with E-state index in [1.165, 1.54) is 6.07 Å². The average molecular weight is 223 g/mol. The van der Waals surface area contributed by atoms with E-state index in [-0.39, 0.29) is 18.4 Å². The van der Waals surface area contributed by atoms with Gasteiger partial charge < -0.3 is 10.5 Å². The van der Waals surface area contributed by atoms with E-state index in [0.717, 1.165) is 12.8 Å². The van der Waals surface area contributed by atoms with E-state index < -0.39 is 5.41 Å². The molecule has 4 heteroatoms. The summed E-state index contributed by atoms with van der Waals surface area (Å²) in [5.41, 5.74) is 5.41. The standard InChI is InChI=1S/C12H14FNO2/c13-10-4-2-1-3-9(10)7-16-11(15)12(8-14)5-6-12/h1-4H,5-8,14H2. The van der Waals surface area contributed by atoms with Crippen LogP contribution in [-0.2, 0) is 16.1 Å². The van der Waals surface area contributed by atoms with Crippen LogP contribution >= 0.6 is 0 Å². The Labute approximate surface area is 93.4 Å². The van der Waals surface area contributed by atoms with Crippen molar-refractivity contribution in [3.8, 4) is 0 Å². The predicted octanol–water partition coefficient (Wildman–Crippen LogP) is 1.61. The Morgan fingerprint density at radius 2 is 2.12 bits per heavy atom. The fraction of sp³-hybridized carbons (Fsp3) is 0.417. The molecule has 0 saturated heterocycles. The van der Waals surface area contributed by atoms with Crippen LogP contribution in [0.3, 0.4) is 0 Å². The quantitative estimate of drug-likeness (QED) is 0.789. The van der Waals surface area contributed by atoms with E-state index >= 15 is 0 Å². The molecule has 1 saturated carbocycles. The van der Waals surface area contributed by atoms with E-state index in [9.17, 15) is 9.18 Å². The molecular weight excluding hydrogens is 209 g/mol. The van der Waals surface area contributed by atoms with Gasteiger partial charge >= 0.3 is 5.97 Å². The van der Waals surface area contributed by atoms with Crippen LogP contribution in [0.15, 0.2) is 24.3 Å². The van der Waals surface area contributed by atoms with Crippen LogP contribution in [0.2, 0.25) is 0 Å². The van der Waals surface area contributed by atoms with Gasteiger partial charge in [-0.1, -0.05) is 18.2 Å². The van der Waals surface area contributed by atoms with Crippen LogP contribution in [0, 0.1) is 11.2 Å². The molecule has 0 radical (unpaired) electrons. The van der Waals surface area contributed by atoms with E-state index in [4.69, 9.17) is 10.5 Å². The maximum absolute atomic E-state index is 13.2. The highest BCUT2D eigenvalue weighted by molar-refractivity contribution is 5.80.